The lowest BCUT2D eigenvalue weighted by Crippen LogP contribution is -2.01. The molecule has 0 unspecified atom stereocenters. The third-order valence-corrected chi connectivity index (χ3v) is 4.88. The van der Waals surface area contributed by atoms with Crippen molar-refractivity contribution in [3.8, 4) is 22.9 Å². The van der Waals surface area contributed by atoms with Crippen LogP contribution >= 0.6 is 0 Å². The van der Waals surface area contributed by atoms with Gasteiger partial charge < -0.3 is 13.9 Å². The number of furan rings is 1. The Bertz CT molecular complexity index is 1080. The Morgan fingerprint density at radius 2 is 1.64 bits per heavy atom. The van der Waals surface area contributed by atoms with Crippen LogP contribution in [-0.2, 0) is 12.8 Å². The van der Waals surface area contributed by atoms with Gasteiger partial charge in [-0.25, -0.2) is 9.97 Å². The molecule has 5 heteroatoms. The van der Waals surface area contributed by atoms with Crippen LogP contribution in [0.25, 0.3) is 22.3 Å². The van der Waals surface area contributed by atoms with Crippen molar-refractivity contribution in [1.29, 1.82) is 0 Å². The van der Waals surface area contributed by atoms with E-state index >= 15 is 0 Å². The van der Waals surface area contributed by atoms with E-state index in [0.717, 1.165) is 57.8 Å². The SMILES string of the molecule is COc1cc(-c2nc(CCc3ccco3)c3ccccc3n2)cc(OC)c1C. The normalized spacial score (nSPS) is 11.0. The fourth-order valence-corrected chi connectivity index (χ4v) is 3.37. The highest BCUT2D eigenvalue weighted by atomic mass is 16.5. The molecule has 0 spiro atoms. The highest BCUT2D eigenvalue weighted by molar-refractivity contribution is 5.83. The topological polar surface area (TPSA) is 57.4 Å². The molecule has 142 valence electrons. The van der Waals surface area contributed by atoms with Gasteiger partial charge in [-0.2, -0.15) is 0 Å². The van der Waals surface area contributed by atoms with Crippen molar-refractivity contribution < 1.29 is 13.9 Å². The summed E-state index contributed by atoms with van der Waals surface area (Å²) in [6, 6.07) is 15.9. The fraction of sp³-hybridized carbons (Fsp3) is 0.217. The number of hydrogen-bond acceptors (Lipinski definition) is 5. The predicted octanol–water partition coefficient (Wildman–Crippen LogP) is 5.00. The Labute approximate surface area is 164 Å². The summed E-state index contributed by atoms with van der Waals surface area (Å²) in [5.74, 6) is 3.11. The minimum atomic E-state index is 0.657. The maximum absolute atomic E-state index is 5.52. The maximum atomic E-state index is 5.52. The van der Waals surface area contributed by atoms with Crippen LogP contribution in [0.3, 0.4) is 0 Å². The molecule has 4 rings (SSSR count). The highest BCUT2D eigenvalue weighted by Gasteiger charge is 2.14. The van der Waals surface area contributed by atoms with Gasteiger partial charge in [0.25, 0.3) is 0 Å². The van der Waals surface area contributed by atoms with E-state index in [4.69, 9.17) is 23.9 Å². The van der Waals surface area contributed by atoms with Crippen molar-refractivity contribution in [3.05, 3.63) is 71.8 Å². The van der Waals surface area contributed by atoms with Crippen molar-refractivity contribution in [2.45, 2.75) is 19.8 Å². The van der Waals surface area contributed by atoms with Crippen molar-refractivity contribution in [2.24, 2.45) is 0 Å². The van der Waals surface area contributed by atoms with Gasteiger partial charge in [0.2, 0.25) is 0 Å². The van der Waals surface area contributed by atoms with Gasteiger partial charge in [0.05, 0.1) is 31.7 Å². The van der Waals surface area contributed by atoms with Crippen LogP contribution in [0.1, 0.15) is 17.0 Å². The summed E-state index contributed by atoms with van der Waals surface area (Å²) in [5, 5.41) is 1.06. The van der Waals surface area contributed by atoms with E-state index in [-0.39, 0.29) is 0 Å². The summed E-state index contributed by atoms with van der Waals surface area (Å²) in [6.07, 6.45) is 3.25. The second-order valence-electron chi connectivity index (χ2n) is 6.60. The van der Waals surface area contributed by atoms with E-state index in [1.54, 1.807) is 20.5 Å². The number of ether oxygens (including phenoxy) is 2. The van der Waals surface area contributed by atoms with Gasteiger partial charge in [0.15, 0.2) is 5.82 Å². The average Bonchev–Trinajstić information content (AvgIpc) is 3.25. The molecule has 2 heterocycles. The summed E-state index contributed by atoms with van der Waals surface area (Å²) in [4.78, 5) is 9.67. The first-order valence-corrected chi connectivity index (χ1v) is 9.20. The first kappa shape index (κ1) is 18.0. The van der Waals surface area contributed by atoms with E-state index in [1.165, 1.54) is 0 Å². The van der Waals surface area contributed by atoms with E-state index < -0.39 is 0 Å². The van der Waals surface area contributed by atoms with E-state index in [9.17, 15) is 0 Å². The van der Waals surface area contributed by atoms with Crippen molar-refractivity contribution in [1.82, 2.24) is 9.97 Å². The quantitative estimate of drug-likeness (QED) is 0.475. The summed E-state index contributed by atoms with van der Waals surface area (Å²) in [5.41, 5.74) is 3.73. The molecule has 0 N–H and O–H groups in total. The molecule has 0 amide bonds. The number of rotatable bonds is 6. The largest absolute Gasteiger partial charge is 0.496 e. The van der Waals surface area contributed by atoms with Gasteiger partial charge in [0, 0.05) is 22.9 Å². The van der Waals surface area contributed by atoms with Crippen LogP contribution < -0.4 is 9.47 Å². The van der Waals surface area contributed by atoms with E-state index in [2.05, 4.69) is 6.07 Å². The van der Waals surface area contributed by atoms with Crippen LogP contribution in [0.4, 0.5) is 0 Å². The van der Waals surface area contributed by atoms with E-state index in [1.807, 2.05) is 49.4 Å². The molecule has 5 nitrogen and oxygen atoms in total. The second kappa shape index (κ2) is 7.72. The molecular formula is C23H22N2O3. The summed E-state index contributed by atoms with van der Waals surface area (Å²) in [7, 11) is 3.31. The molecule has 0 aliphatic heterocycles. The standard InChI is InChI=1S/C23H22N2O3/c1-15-21(26-2)13-16(14-22(15)27-3)23-24-19-9-5-4-8-18(19)20(25-23)11-10-17-7-6-12-28-17/h4-9,12-14H,10-11H2,1-3H3. The molecule has 0 saturated carbocycles. The minimum Gasteiger partial charge on any atom is -0.496 e. The monoisotopic (exact) mass is 374 g/mol. The fourth-order valence-electron chi connectivity index (χ4n) is 3.37. The molecule has 0 bridgehead atoms. The van der Waals surface area contributed by atoms with Crippen LogP contribution in [0.2, 0.25) is 0 Å². The van der Waals surface area contributed by atoms with Crippen molar-refractivity contribution in [2.75, 3.05) is 14.2 Å². The molecule has 2 aromatic heterocycles. The first-order chi connectivity index (χ1) is 13.7. The lowest BCUT2D eigenvalue weighted by atomic mass is 10.1. The Kier molecular flexibility index (Phi) is 4.98. The number of para-hydroxylation sites is 1. The number of fused-ring (bicyclic) bond motifs is 1. The Morgan fingerprint density at radius 1 is 0.893 bits per heavy atom. The first-order valence-electron chi connectivity index (χ1n) is 9.20. The smallest absolute Gasteiger partial charge is 0.160 e. The number of hydrogen-bond donors (Lipinski definition) is 0. The van der Waals surface area contributed by atoms with Crippen LogP contribution in [-0.4, -0.2) is 24.2 Å². The molecule has 0 saturated heterocycles. The van der Waals surface area contributed by atoms with Gasteiger partial charge in [-0.15, -0.1) is 0 Å². The predicted molar refractivity (Wildman–Crippen MR) is 109 cm³/mol. The zero-order valence-corrected chi connectivity index (χ0v) is 16.2. The number of aromatic nitrogens is 2. The zero-order valence-electron chi connectivity index (χ0n) is 16.2. The number of aryl methyl sites for hydroxylation is 2. The molecule has 4 aromatic rings. The molecule has 0 fully saturated rings. The summed E-state index contributed by atoms with van der Waals surface area (Å²) >= 11 is 0. The Balaban J connectivity index is 1.81. The Hall–Kier alpha value is -3.34. The molecular weight excluding hydrogens is 352 g/mol. The molecule has 2 aromatic carbocycles. The Morgan fingerprint density at radius 3 is 2.32 bits per heavy atom. The number of benzene rings is 2. The summed E-state index contributed by atoms with van der Waals surface area (Å²) in [6.45, 7) is 1.97. The van der Waals surface area contributed by atoms with Gasteiger partial charge in [-0.1, -0.05) is 18.2 Å². The molecule has 0 aliphatic rings. The molecule has 0 radical (unpaired) electrons. The molecule has 0 atom stereocenters. The number of nitrogens with zero attached hydrogens (tertiary/aromatic N) is 2. The highest BCUT2D eigenvalue weighted by Crippen LogP contribution is 2.34. The van der Waals surface area contributed by atoms with Gasteiger partial charge in [-0.05, 0) is 43.7 Å². The minimum absolute atomic E-state index is 0.657. The zero-order chi connectivity index (χ0) is 19.5. The van der Waals surface area contributed by atoms with Crippen molar-refractivity contribution in [3.63, 3.8) is 0 Å². The lowest BCUT2D eigenvalue weighted by Gasteiger charge is -2.13. The molecule has 28 heavy (non-hydrogen) atoms. The van der Waals surface area contributed by atoms with Crippen LogP contribution in [0.5, 0.6) is 11.5 Å². The van der Waals surface area contributed by atoms with Gasteiger partial charge in [-0.3, -0.25) is 0 Å². The second-order valence-corrected chi connectivity index (χ2v) is 6.60. The lowest BCUT2D eigenvalue weighted by molar-refractivity contribution is 0.389. The van der Waals surface area contributed by atoms with Crippen LogP contribution in [0.15, 0.2) is 59.2 Å². The maximum Gasteiger partial charge on any atom is 0.160 e. The van der Waals surface area contributed by atoms with Crippen molar-refractivity contribution >= 4 is 10.9 Å². The van der Waals surface area contributed by atoms with Gasteiger partial charge >= 0.3 is 0 Å². The summed E-state index contributed by atoms with van der Waals surface area (Å²) < 4.78 is 16.5. The van der Waals surface area contributed by atoms with E-state index in [0.29, 0.717) is 5.82 Å². The molecule has 0 aliphatic carbocycles. The number of methoxy groups -OCH3 is 2. The third kappa shape index (κ3) is 3.43. The third-order valence-electron chi connectivity index (χ3n) is 4.88. The average molecular weight is 374 g/mol. The van der Waals surface area contributed by atoms with Gasteiger partial charge in [0.1, 0.15) is 17.3 Å². The van der Waals surface area contributed by atoms with Crippen LogP contribution in [0, 0.1) is 6.92 Å².